The van der Waals surface area contributed by atoms with Crippen LogP contribution in [0.2, 0.25) is 5.02 Å². The summed E-state index contributed by atoms with van der Waals surface area (Å²) in [6.45, 7) is 5.83. The summed E-state index contributed by atoms with van der Waals surface area (Å²) in [5, 5.41) is 6.15. The van der Waals surface area contributed by atoms with E-state index in [9.17, 15) is 0 Å². The van der Waals surface area contributed by atoms with Crippen molar-refractivity contribution in [3.05, 3.63) is 49.6 Å². The van der Waals surface area contributed by atoms with Crippen molar-refractivity contribution in [3.63, 3.8) is 0 Å². The van der Waals surface area contributed by atoms with Crippen molar-refractivity contribution in [3.8, 4) is 5.75 Å². The highest BCUT2D eigenvalue weighted by atomic mass is 79.9. The zero-order valence-electron chi connectivity index (χ0n) is 12.2. The Morgan fingerprint density at radius 3 is 2.81 bits per heavy atom. The topological polar surface area (TPSA) is 21.3 Å². The van der Waals surface area contributed by atoms with E-state index in [1.165, 1.54) is 5.56 Å². The fourth-order valence-corrected chi connectivity index (χ4v) is 3.58. The van der Waals surface area contributed by atoms with Crippen LogP contribution < -0.4 is 10.1 Å². The van der Waals surface area contributed by atoms with Gasteiger partial charge in [-0.3, -0.25) is 0 Å². The van der Waals surface area contributed by atoms with Crippen LogP contribution in [0.4, 0.5) is 0 Å². The Bertz CT molecular complexity index is 587. The van der Waals surface area contributed by atoms with E-state index in [4.69, 9.17) is 16.3 Å². The molecule has 114 valence electrons. The normalized spacial score (nSPS) is 12.4. The van der Waals surface area contributed by atoms with Crippen LogP contribution in [0.25, 0.3) is 0 Å². The third kappa shape index (κ3) is 4.71. The van der Waals surface area contributed by atoms with Crippen LogP contribution in [-0.2, 0) is 6.61 Å². The minimum Gasteiger partial charge on any atom is -0.486 e. The molecule has 1 heterocycles. The second kappa shape index (κ2) is 8.18. The highest BCUT2D eigenvalue weighted by Gasteiger charge is 2.09. The van der Waals surface area contributed by atoms with E-state index < -0.39 is 0 Å². The zero-order chi connectivity index (χ0) is 15.2. The zero-order valence-corrected chi connectivity index (χ0v) is 15.3. The molecule has 2 nitrogen and oxygen atoms in total. The molecule has 0 radical (unpaired) electrons. The maximum Gasteiger partial charge on any atom is 0.138 e. The molecule has 21 heavy (non-hydrogen) atoms. The molecular weight excluding hydrogens is 370 g/mol. The lowest BCUT2D eigenvalue weighted by Gasteiger charge is -2.15. The second-order valence-electron chi connectivity index (χ2n) is 4.85. The molecule has 0 saturated carbocycles. The number of benzene rings is 1. The molecule has 0 aliphatic carbocycles. The summed E-state index contributed by atoms with van der Waals surface area (Å²) in [6.07, 6.45) is 1.12. The molecule has 1 aromatic heterocycles. The van der Waals surface area contributed by atoms with Gasteiger partial charge in [-0.05, 0) is 65.0 Å². The molecule has 1 N–H and O–H groups in total. The highest BCUT2D eigenvalue weighted by molar-refractivity contribution is 9.10. The van der Waals surface area contributed by atoms with Gasteiger partial charge in [-0.2, -0.15) is 0 Å². The molecule has 5 heteroatoms. The Balaban J connectivity index is 2.00. The standard InChI is InChI=1S/C16H19BrClNOS/c1-3-7-19-11(2)12-4-5-15(14(18)9-12)20-10-16-13(17)6-8-21-16/h4-6,8-9,11,19H,3,7,10H2,1-2H3. The molecule has 0 fully saturated rings. The molecule has 1 atom stereocenters. The molecule has 0 bridgehead atoms. The Morgan fingerprint density at radius 1 is 1.38 bits per heavy atom. The molecule has 1 unspecified atom stereocenters. The van der Waals surface area contributed by atoms with Gasteiger partial charge in [0.05, 0.1) is 9.90 Å². The monoisotopic (exact) mass is 387 g/mol. The molecule has 0 aliphatic rings. The average molecular weight is 389 g/mol. The smallest absolute Gasteiger partial charge is 0.138 e. The summed E-state index contributed by atoms with van der Waals surface area (Å²) in [5.74, 6) is 0.725. The Morgan fingerprint density at radius 2 is 2.19 bits per heavy atom. The van der Waals surface area contributed by atoms with Gasteiger partial charge in [0.1, 0.15) is 12.4 Å². The van der Waals surface area contributed by atoms with Crippen molar-refractivity contribution in [2.45, 2.75) is 32.9 Å². The number of nitrogens with one attached hydrogen (secondary N) is 1. The minimum atomic E-state index is 0.294. The van der Waals surface area contributed by atoms with Crippen LogP contribution >= 0.6 is 38.9 Å². The van der Waals surface area contributed by atoms with Gasteiger partial charge in [0.15, 0.2) is 0 Å². The lowest BCUT2D eigenvalue weighted by atomic mass is 10.1. The quantitative estimate of drug-likeness (QED) is 0.647. The molecule has 0 aliphatic heterocycles. The first-order valence-corrected chi connectivity index (χ1v) is 9.04. The molecular formula is C16H19BrClNOS. The number of ether oxygens (including phenoxy) is 1. The number of thiophene rings is 1. The first-order chi connectivity index (χ1) is 10.1. The van der Waals surface area contributed by atoms with Gasteiger partial charge < -0.3 is 10.1 Å². The van der Waals surface area contributed by atoms with E-state index in [1.807, 2.05) is 23.6 Å². The van der Waals surface area contributed by atoms with E-state index in [-0.39, 0.29) is 0 Å². The number of rotatable bonds is 7. The first kappa shape index (κ1) is 16.8. The Kier molecular flexibility index (Phi) is 6.55. The van der Waals surface area contributed by atoms with Crippen LogP contribution in [0.5, 0.6) is 5.75 Å². The van der Waals surface area contributed by atoms with E-state index in [0.717, 1.165) is 28.1 Å². The minimum absolute atomic E-state index is 0.294. The molecule has 0 spiro atoms. The fourth-order valence-electron chi connectivity index (χ4n) is 1.95. The van der Waals surface area contributed by atoms with Crippen molar-refractivity contribution < 1.29 is 4.74 Å². The molecule has 1 aromatic carbocycles. The highest BCUT2D eigenvalue weighted by Crippen LogP contribution is 2.30. The molecule has 2 aromatic rings. The fraction of sp³-hybridized carbons (Fsp3) is 0.375. The van der Waals surface area contributed by atoms with Crippen LogP contribution in [0.1, 0.15) is 36.8 Å². The van der Waals surface area contributed by atoms with Crippen molar-refractivity contribution in [1.29, 1.82) is 0 Å². The van der Waals surface area contributed by atoms with Gasteiger partial charge in [-0.1, -0.05) is 24.6 Å². The first-order valence-electron chi connectivity index (χ1n) is 6.99. The Labute approximate surface area is 143 Å². The molecule has 0 saturated heterocycles. The van der Waals surface area contributed by atoms with Gasteiger partial charge in [-0.15, -0.1) is 11.3 Å². The third-order valence-electron chi connectivity index (χ3n) is 3.21. The maximum atomic E-state index is 6.33. The third-order valence-corrected chi connectivity index (χ3v) is 5.40. The predicted molar refractivity (Wildman–Crippen MR) is 94.5 cm³/mol. The predicted octanol–water partition coefficient (Wildman–Crippen LogP) is 5.80. The van der Waals surface area contributed by atoms with Crippen LogP contribution in [0.15, 0.2) is 34.1 Å². The largest absolute Gasteiger partial charge is 0.486 e. The van der Waals surface area contributed by atoms with Crippen LogP contribution in [0, 0.1) is 0 Å². The summed E-state index contributed by atoms with van der Waals surface area (Å²) in [6, 6.07) is 8.31. The van der Waals surface area contributed by atoms with Gasteiger partial charge in [0, 0.05) is 10.5 Å². The lowest BCUT2D eigenvalue weighted by Crippen LogP contribution is -2.19. The van der Waals surface area contributed by atoms with Gasteiger partial charge in [0.25, 0.3) is 0 Å². The van der Waals surface area contributed by atoms with E-state index >= 15 is 0 Å². The van der Waals surface area contributed by atoms with Gasteiger partial charge in [0.2, 0.25) is 0 Å². The van der Waals surface area contributed by atoms with E-state index in [1.54, 1.807) is 11.3 Å². The van der Waals surface area contributed by atoms with Crippen molar-refractivity contribution >= 4 is 38.9 Å². The number of hydrogen-bond donors (Lipinski definition) is 1. The SMILES string of the molecule is CCCNC(C)c1ccc(OCc2sccc2Br)c(Cl)c1. The summed E-state index contributed by atoms with van der Waals surface area (Å²) < 4.78 is 6.89. The summed E-state index contributed by atoms with van der Waals surface area (Å²) in [5.41, 5.74) is 1.18. The number of halogens is 2. The lowest BCUT2D eigenvalue weighted by molar-refractivity contribution is 0.309. The van der Waals surface area contributed by atoms with Gasteiger partial charge >= 0.3 is 0 Å². The van der Waals surface area contributed by atoms with Crippen LogP contribution in [-0.4, -0.2) is 6.54 Å². The second-order valence-corrected chi connectivity index (χ2v) is 7.11. The van der Waals surface area contributed by atoms with E-state index in [0.29, 0.717) is 17.7 Å². The van der Waals surface area contributed by atoms with Gasteiger partial charge in [-0.25, -0.2) is 0 Å². The number of hydrogen-bond acceptors (Lipinski definition) is 3. The molecule has 2 rings (SSSR count). The van der Waals surface area contributed by atoms with Crippen molar-refractivity contribution in [2.75, 3.05) is 6.54 Å². The van der Waals surface area contributed by atoms with Crippen molar-refractivity contribution in [1.82, 2.24) is 5.32 Å². The Hall–Kier alpha value is -0.550. The van der Waals surface area contributed by atoms with E-state index in [2.05, 4.69) is 41.2 Å². The molecule has 0 amide bonds. The summed E-state index contributed by atoms with van der Waals surface area (Å²) in [7, 11) is 0. The van der Waals surface area contributed by atoms with Crippen LogP contribution in [0.3, 0.4) is 0 Å². The summed E-state index contributed by atoms with van der Waals surface area (Å²) >= 11 is 11.5. The average Bonchev–Trinajstić information content (AvgIpc) is 2.88. The maximum absolute atomic E-state index is 6.33. The summed E-state index contributed by atoms with van der Waals surface area (Å²) in [4.78, 5) is 1.16. The van der Waals surface area contributed by atoms with Crippen molar-refractivity contribution in [2.24, 2.45) is 0 Å².